The molecule has 7 heteroatoms. The number of carbonyl (C=O) groups is 3. The molecule has 2 aromatic carbocycles. The predicted octanol–water partition coefficient (Wildman–Crippen LogP) is 2.11. The fraction of sp³-hybridized carbons (Fsp3) is 0.100. The number of fused-ring (bicyclic) bond motifs is 2. The summed E-state index contributed by atoms with van der Waals surface area (Å²) in [4.78, 5) is 36.5. The van der Waals surface area contributed by atoms with Gasteiger partial charge in [-0.05, 0) is 11.6 Å². The maximum Gasteiger partial charge on any atom is 0.328 e. The van der Waals surface area contributed by atoms with E-state index in [1.54, 1.807) is 24.3 Å². The minimum atomic E-state index is -1.33. The number of carboxylic acids is 1. The summed E-state index contributed by atoms with van der Waals surface area (Å²) in [6.07, 6.45) is 1.85. The molecule has 0 saturated heterocycles. The molecule has 7 nitrogen and oxygen atoms in total. The average molecular weight is 361 g/mol. The molecule has 1 spiro atoms. The molecule has 0 radical (unpaired) electrons. The first-order valence-electron chi connectivity index (χ1n) is 8.31. The number of nitrogens with one attached hydrogen (secondary N) is 1. The van der Waals surface area contributed by atoms with Crippen LogP contribution in [0.5, 0.6) is 0 Å². The zero-order valence-corrected chi connectivity index (χ0v) is 14.1. The smallest absolute Gasteiger partial charge is 0.328 e. The van der Waals surface area contributed by atoms with Crippen molar-refractivity contribution in [3.05, 3.63) is 77.9 Å². The Hall–Kier alpha value is -3.74. The molecule has 2 aliphatic rings. The van der Waals surface area contributed by atoms with E-state index in [1.165, 1.54) is 0 Å². The van der Waals surface area contributed by atoms with Gasteiger partial charge >= 0.3 is 5.97 Å². The second kappa shape index (κ2) is 6.21. The summed E-state index contributed by atoms with van der Waals surface area (Å²) in [6.45, 7) is 0. The fourth-order valence-electron chi connectivity index (χ4n) is 3.49. The van der Waals surface area contributed by atoms with Crippen molar-refractivity contribution in [1.29, 1.82) is 0 Å². The summed E-state index contributed by atoms with van der Waals surface area (Å²) in [5.74, 6) is -2.29. The number of para-hydroxylation sites is 1. The lowest BCUT2D eigenvalue weighted by Gasteiger charge is -2.29. The summed E-state index contributed by atoms with van der Waals surface area (Å²) in [7, 11) is 0. The number of anilines is 1. The van der Waals surface area contributed by atoms with Crippen LogP contribution in [0.3, 0.4) is 0 Å². The van der Waals surface area contributed by atoms with Crippen LogP contribution in [0.15, 0.2) is 71.9 Å². The number of hydrogen-bond acceptors (Lipinski definition) is 4. The molecule has 0 saturated carbocycles. The van der Waals surface area contributed by atoms with Crippen molar-refractivity contribution < 1.29 is 19.5 Å². The minimum absolute atomic E-state index is 0.201. The van der Waals surface area contributed by atoms with Crippen molar-refractivity contribution in [3.8, 4) is 0 Å². The zero-order chi connectivity index (χ0) is 19.0. The zero-order valence-electron chi connectivity index (χ0n) is 14.1. The van der Waals surface area contributed by atoms with Crippen LogP contribution in [0.25, 0.3) is 0 Å². The number of rotatable bonds is 3. The summed E-state index contributed by atoms with van der Waals surface area (Å²) < 4.78 is 0. The third-order valence-electron chi connectivity index (χ3n) is 4.69. The number of nitrogens with zero attached hydrogens (tertiary/aromatic N) is 2. The lowest BCUT2D eigenvalue weighted by molar-refractivity contribution is -0.140. The van der Waals surface area contributed by atoms with Gasteiger partial charge in [-0.15, -0.1) is 0 Å². The first kappa shape index (κ1) is 16.7. The number of hydrazone groups is 1. The molecule has 0 aliphatic carbocycles. The maximum absolute atomic E-state index is 13.0. The summed E-state index contributed by atoms with van der Waals surface area (Å²) in [5.41, 5.74) is 1.31. The number of hydrogen-bond donors (Lipinski definition) is 2. The summed E-state index contributed by atoms with van der Waals surface area (Å²) >= 11 is 0. The van der Waals surface area contributed by atoms with Crippen LogP contribution < -0.4 is 5.32 Å². The van der Waals surface area contributed by atoms with Crippen molar-refractivity contribution >= 4 is 29.2 Å². The van der Waals surface area contributed by atoms with Gasteiger partial charge in [0.25, 0.3) is 11.8 Å². The minimum Gasteiger partial charge on any atom is -0.478 e. The predicted molar refractivity (Wildman–Crippen MR) is 98.0 cm³/mol. The van der Waals surface area contributed by atoms with E-state index in [1.807, 2.05) is 30.3 Å². The molecule has 0 fully saturated rings. The number of amides is 2. The number of benzene rings is 2. The van der Waals surface area contributed by atoms with E-state index >= 15 is 0 Å². The Morgan fingerprint density at radius 2 is 1.78 bits per heavy atom. The number of carboxylic acid groups (broad SMARTS) is 1. The maximum atomic E-state index is 13.0. The fourth-order valence-corrected chi connectivity index (χ4v) is 3.49. The van der Waals surface area contributed by atoms with Gasteiger partial charge in [-0.3, -0.25) is 9.59 Å². The van der Waals surface area contributed by atoms with Crippen LogP contribution >= 0.6 is 0 Å². The van der Waals surface area contributed by atoms with Gasteiger partial charge in [-0.2, -0.15) is 5.10 Å². The van der Waals surface area contributed by atoms with E-state index in [9.17, 15) is 14.4 Å². The van der Waals surface area contributed by atoms with Crippen LogP contribution in [0.4, 0.5) is 5.69 Å². The Balaban J connectivity index is 1.84. The molecule has 0 aromatic heterocycles. The number of carbonyl (C=O) groups excluding carboxylic acids is 2. The van der Waals surface area contributed by atoms with Crippen molar-refractivity contribution in [1.82, 2.24) is 5.01 Å². The van der Waals surface area contributed by atoms with E-state index in [2.05, 4.69) is 10.4 Å². The lowest BCUT2D eigenvalue weighted by Crippen LogP contribution is -2.48. The molecule has 4 rings (SSSR count). The monoisotopic (exact) mass is 361 g/mol. The molecule has 27 heavy (non-hydrogen) atoms. The van der Waals surface area contributed by atoms with Crippen molar-refractivity contribution in [2.45, 2.75) is 12.0 Å². The Labute approximate surface area is 154 Å². The molecule has 0 bridgehead atoms. The quantitative estimate of drug-likeness (QED) is 0.818. The van der Waals surface area contributed by atoms with E-state index < -0.39 is 17.4 Å². The van der Waals surface area contributed by atoms with Crippen LogP contribution in [0.1, 0.15) is 17.5 Å². The van der Waals surface area contributed by atoms with Crippen LogP contribution in [0.2, 0.25) is 0 Å². The molecule has 2 heterocycles. The van der Waals surface area contributed by atoms with Gasteiger partial charge in [0.2, 0.25) is 0 Å². The van der Waals surface area contributed by atoms with E-state index in [-0.39, 0.29) is 12.3 Å². The molecule has 134 valence electrons. The van der Waals surface area contributed by atoms with Gasteiger partial charge in [0.05, 0.1) is 5.71 Å². The van der Waals surface area contributed by atoms with Gasteiger partial charge in [0.15, 0.2) is 5.54 Å². The standard InChI is InChI=1S/C20H15N3O4/c24-17(10-11-18(25)26)23-20(12-16(22-23)13-6-2-1-3-7-13)14-8-4-5-9-15(14)21-19(20)27/h1-11H,12H2,(H,21,27)(H,25,26)/b11-10+/t20-/m1/s1. The van der Waals surface area contributed by atoms with Gasteiger partial charge in [-0.25, -0.2) is 9.80 Å². The van der Waals surface area contributed by atoms with Gasteiger partial charge in [-0.1, -0.05) is 48.5 Å². The largest absolute Gasteiger partial charge is 0.478 e. The second-order valence-corrected chi connectivity index (χ2v) is 6.27. The average Bonchev–Trinajstić information content (AvgIpc) is 3.21. The van der Waals surface area contributed by atoms with Crippen LogP contribution in [0, 0.1) is 0 Å². The second-order valence-electron chi connectivity index (χ2n) is 6.27. The highest BCUT2D eigenvalue weighted by Crippen LogP contribution is 2.47. The molecule has 2 N–H and O–H groups in total. The molecular weight excluding hydrogens is 346 g/mol. The Bertz CT molecular complexity index is 1010. The first-order chi connectivity index (χ1) is 13.0. The van der Waals surface area contributed by atoms with Gasteiger partial charge in [0, 0.05) is 29.8 Å². The van der Waals surface area contributed by atoms with Crippen LogP contribution in [-0.2, 0) is 19.9 Å². The van der Waals surface area contributed by atoms with E-state index in [0.29, 0.717) is 17.0 Å². The van der Waals surface area contributed by atoms with E-state index in [4.69, 9.17) is 5.11 Å². The third kappa shape index (κ3) is 2.60. The SMILES string of the molecule is O=C(O)/C=C/C(=O)N1N=C(c2ccccc2)C[C@@]12C(=O)Nc1ccccc12. The molecule has 1 atom stereocenters. The highest BCUT2D eigenvalue weighted by atomic mass is 16.4. The van der Waals surface area contributed by atoms with E-state index in [0.717, 1.165) is 22.7 Å². The lowest BCUT2D eigenvalue weighted by atomic mass is 9.85. The topological polar surface area (TPSA) is 99.1 Å². The molecule has 2 aromatic rings. The molecular formula is C20H15N3O4. The number of aliphatic carboxylic acids is 1. The first-order valence-corrected chi connectivity index (χ1v) is 8.31. The van der Waals surface area contributed by atoms with Gasteiger partial charge in [0.1, 0.15) is 0 Å². The van der Waals surface area contributed by atoms with Crippen molar-refractivity contribution in [2.75, 3.05) is 5.32 Å². The Morgan fingerprint density at radius 3 is 2.52 bits per heavy atom. The summed E-state index contributed by atoms with van der Waals surface area (Å²) in [6, 6.07) is 16.4. The third-order valence-corrected chi connectivity index (χ3v) is 4.69. The highest BCUT2D eigenvalue weighted by molar-refractivity contribution is 6.15. The van der Waals surface area contributed by atoms with Crippen molar-refractivity contribution in [3.63, 3.8) is 0 Å². The molecule has 2 amide bonds. The molecule has 0 unspecified atom stereocenters. The van der Waals surface area contributed by atoms with Crippen molar-refractivity contribution in [2.24, 2.45) is 5.10 Å². The summed E-state index contributed by atoms with van der Waals surface area (Å²) in [5, 5.41) is 17.1. The van der Waals surface area contributed by atoms with Gasteiger partial charge < -0.3 is 10.4 Å². The normalized spacial score (nSPS) is 20.7. The van der Waals surface area contributed by atoms with Crippen LogP contribution in [-0.4, -0.2) is 33.6 Å². The highest BCUT2D eigenvalue weighted by Gasteiger charge is 2.57. The Morgan fingerprint density at radius 1 is 1.07 bits per heavy atom. The Kier molecular flexibility index (Phi) is 3.84. The molecule has 2 aliphatic heterocycles.